The number of allylic oxidation sites excluding steroid dienone is 3. The molecule has 1 aromatic rings. The van der Waals surface area contributed by atoms with Crippen LogP contribution in [-0.2, 0) is 4.79 Å². The summed E-state index contributed by atoms with van der Waals surface area (Å²) in [5, 5.41) is 3.13. The highest BCUT2D eigenvalue weighted by Crippen LogP contribution is 2.39. The third kappa shape index (κ3) is 3.37. The van der Waals surface area contributed by atoms with Crippen LogP contribution in [0.25, 0.3) is 0 Å². The van der Waals surface area contributed by atoms with E-state index in [0.29, 0.717) is 5.69 Å². The predicted molar refractivity (Wildman–Crippen MR) is 90.6 cm³/mol. The van der Waals surface area contributed by atoms with Crippen LogP contribution in [0.5, 0.6) is 0 Å². The number of halogens is 1. The average Bonchev–Trinajstić information content (AvgIpc) is 2.55. The maximum Gasteiger partial charge on any atom is 0.234 e. The highest BCUT2D eigenvalue weighted by Gasteiger charge is 2.35. The Morgan fingerprint density at radius 1 is 1.30 bits per heavy atom. The number of benzene rings is 1. The molecule has 0 saturated carbocycles. The minimum Gasteiger partial charge on any atom is -0.320 e. The fourth-order valence-corrected chi connectivity index (χ4v) is 3.42. The van der Waals surface area contributed by atoms with E-state index in [0.717, 1.165) is 44.3 Å². The molecule has 3 rings (SSSR count). The zero-order valence-corrected chi connectivity index (χ0v) is 13.5. The maximum absolute atomic E-state index is 13.6. The van der Waals surface area contributed by atoms with Crippen LogP contribution in [0.2, 0.25) is 0 Å². The Bertz CT molecular complexity index is 651. The summed E-state index contributed by atoms with van der Waals surface area (Å²) in [5.41, 5.74) is 2.82. The standard InChI is InChI=1S/C19H23FN2O/c1-21-11-5-7-15-12-14-6-2-3-10-18(14)22(19(15)23)17-9-4-8-16(20)13-17/h4,6,8-10,13,15,21H,2-3,5,7,11-12H2,1H3. The highest BCUT2D eigenvalue weighted by molar-refractivity contribution is 6.01. The number of rotatable bonds is 5. The smallest absolute Gasteiger partial charge is 0.234 e. The maximum atomic E-state index is 13.6. The normalized spacial score (nSPS) is 20.9. The predicted octanol–water partition coefficient (Wildman–Crippen LogP) is 3.78. The second kappa shape index (κ2) is 7.09. The number of hydrogen-bond donors (Lipinski definition) is 1. The molecule has 1 aliphatic heterocycles. The van der Waals surface area contributed by atoms with Gasteiger partial charge in [0.2, 0.25) is 5.91 Å². The van der Waals surface area contributed by atoms with Crippen molar-refractivity contribution in [2.75, 3.05) is 18.5 Å². The second-order valence-corrected chi connectivity index (χ2v) is 6.20. The van der Waals surface area contributed by atoms with Gasteiger partial charge in [0.1, 0.15) is 5.82 Å². The molecule has 1 aliphatic carbocycles. The first kappa shape index (κ1) is 15.9. The SMILES string of the molecule is CNCCCC1CC2=CCCC=C2N(c2cccc(F)c2)C1=O. The summed E-state index contributed by atoms with van der Waals surface area (Å²) < 4.78 is 13.6. The molecule has 1 aromatic carbocycles. The van der Waals surface area contributed by atoms with Gasteiger partial charge in [-0.1, -0.05) is 18.2 Å². The molecular formula is C19H23FN2O. The van der Waals surface area contributed by atoms with Gasteiger partial charge in [0, 0.05) is 11.6 Å². The topological polar surface area (TPSA) is 32.3 Å². The Hall–Kier alpha value is -1.94. The molecule has 1 unspecified atom stereocenters. The van der Waals surface area contributed by atoms with Crippen LogP contribution >= 0.6 is 0 Å². The summed E-state index contributed by atoms with van der Waals surface area (Å²) in [5.74, 6) is -0.236. The first-order chi connectivity index (χ1) is 11.2. The Morgan fingerprint density at radius 2 is 2.13 bits per heavy atom. The zero-order chi connectivity index (χ0) is 16.2. The molecule has 1 fully saturated rings. The molecule has 1 atom stereocenters. The Labute approximate surface area is 136 Å². The molecule has 0 radical (unpaired) electrons. The lowest BCUT2D eigenvalue weighted by Crippen LogP contribution is -2.41. The lowest BCUT2D eigenvalue weighted by atomic mass is 9.84. The van der Waals surface area contributed by atoms with Crippen molar-refractivity contribution >= 4 is 11.6 Å². The van der Waals surface area contributed by atoms with Crippen molar-refractivity contribution in [2.24, 2.45) is 5.92 Å². The van der Waals surface area contributed by atoms with Gasteiger partial charge in [0.25, 0.3) is 0 Å². The van der Waals surface area contributed by atoms with Crippen molar-refractivity contribution < 1.29 is 9.18 Å². The van der Waals surface area contributed by atoms with E-state index in [1.54, 1.807) is 11.0 Å². The summed E-state index contributed by atoms with van der Waals surface area (Å²) in [6, 6.07) is 6.33. The average molecular weight is 314 g/mol. The molecule has 0 aromatic heterocycles. The number of nitrogens with zero attached hydrogens (tertiary/aromatic N) is 1. The Kier molecular flexibility index (Phi) is 4.91. The van der Waals surface area contributed by atoms with Gasteiger partial charge in [-0.15, -0.1) is 0 Å². The number of nitrogens with one attached hydrogen (secondary N) is 1. The van der Waals surface area contributed by atoms with E-state index in [9.17, 15) is 9.18 Å². The summed E-state index contributed by atoms with van der Waals surface area (Å²) in [6.45, 7) is 0.908. The van der Waals surface area contributed by atoms with Crippen LogP contribution in [-0.4, -0.2) is 19.5 Å². The third-order valence-corrected chi connectivity index (χ3v) is 4.55. The summed E-state index contributed by atoms with van der Waals surface area (Å²) in [7, 11) is 1.92. The molecule has 1 saturated heterocycles. The van der Waals surface area contributed by atoms with Crippen molar-refractivity contribution in [3.05, 3.63) is 53.5 Å². The molecule has 122 valence electrons. The molecular weight excluding hydrogens is 291 g/mol. The quantitative estimate of drug-likeness (QED) is 0.839. The fraction of sp³-hybridized carbons (Fsp3) is 0.421. The van der Waals surface area contributed by atoms with Gasteiger partial charge in [-0.2, -0.15) is 0 Å². The summed E-state index contributed by atoms with van der Waals surface area (Å²) >= 11 is 0. The summed E-state index contributed by atoms with van der Waals surface area (Å²) in [6.07, 6.45) is 8.93. The van der Waals surface area contributed by atoms with Crippen molar-refractivity contribution in [1.29, 1.82) is 0 Å². The molecule has 2 aliphatic rings. The van der Waals surface area contributed by atoms with Crippen LogP contribution in [0.1, 0.15) is 32.1 Å². The molecule has 23 heavy (non-hydrogen) atoms. The van der Waals surface area contributed by atoms with Gasteiger partial charge in [0.15, 0.2) is 0 Å². The molecule has 0 bridgehead atoms. The van der Waals surface area contributed by atoms with E-state index >= 15 is 0 Å². The van der Waals surface area contributed by atoms with Crippen molar-refractivity contribution in [2.45, 2.75) is 32.1 Å². The molecule has 1 heterocycles. The zero-order valence-electron chi connectivity index (χ0n) is 13.5. The molecule has 0 spiro atoms. The molecule has 1 N–H and O–H groups in total. The molecule has 1 amide bonds. The van der Waals surface area contributed by atoms with Gasteiger partial charge in [0.05, 0.1) is 5.69 Å². The van der Waals surface area contributed by atoms with Gasteiger partial charge in [-0.25, -0.2) is 4.39 Å². The Morgan fingerprint density at radius 3 is 2.91 bits per heavy atom. The molecule has 3 nitrogen and oxygen atoms in total. The number of piperidine rings is 1. The van der Waals surface area contributed by atoms with Gasteiger partial charge < -0.3 is 5.32 Å². The third-order valence-electron chi connectivity index (χ3n) is 4.55. The van der Waals surface area contributed by atoms with E-state index in [1.807, 2.05) is 13.1 Å². The van der Waals surface area contributed by atoms with Crippen molar-refractivity contribution in [3.63, 3.8) is 0 Å². The van der Waals surface area contributed by atoms with Gasteiger partial charge >= 0.3 is 0 Å². The number of carbonyl (C=O) groups is 1. The fourth-order valence-electron chi connectivity index (χ4n) is 3.42. The van der Waals surface area contributed by atoms with Crippen LogP contribution in [0.3, 0.4) is 0 Å². The first-order valence-electron chi connectivity index (χ1n) is 8.34. The lowest BCUT2D eigenvalue weighted by molar-refractivity contribution is -0.122. The lowest BCUT2D eigenvalue weighted by Gasteiger charge is -2.37. The van der Waals surface area contributed by atoms with E-state index < -0.39 is 0 Å². The van der Waals surface area contributed by atoms with Crippen LogP contribution in [0.15, 0.2) is 47.7 Å². The molecule has 4 heteroatoms. The van der Waals surface area contributed by atoms with E-state index in [-0.39, 0.29) is 17.6 Å². The monoisotopic (exact) mass is 314 g/mol. The van der Waals surface area contributed by atoms with Crippen molar-refractivity contribution in [1.82, 2.24) is 5.32 Å². The van der Waals surface area contributed by atoms with Crippen molar-refractivity contribution in [3.8, 4) is 0 Å². The number of amides is 1. The highest BCUT2D eigenvalue weighted by atomic mass is 19.1. The van der Waals surface area contributed by atoms with E-state index in [2.05, 4.69) is 17.5 Å². The van der Waals surface area contributed by atoms with Gasteiger partial charge in [-0.3, -0.25) is 9.69 Å². The summed E-state index contributed by atoms with van der Waals surface area (Å²) in [4.78, 5) is 14.7. The largest absolute Gasteiger partial charge is 0.320 e. The number of hydrogen-bond acceptors (Lipinski definition) is 2. The van der Waals surface area contributed by atoms with E-state index in [1.165, 1.54) is 17.7 Å². The number of anilines is 1. The van der Waals surface area contributed by atoms with E-state index in [4.69, 9.17) is 0 Å². The van der Waals surface area contributed by atoms with Crippen LogP contribution in [0.4, 0.5) is 10.1 Å². The Balaban J connectivity index is 1.91. The second-order valence-electron chi connectivity index (χ2n) is 6.20. The van der Waals surface area contributed by atoms with Crippen LogP contribution in [0, 0.1) is 11.7 Å². The van der Waals surface area contributed by atoms with Gasteiger partial charge in [-0.05, 0) is 69.5 Å². The number of carbonyl (C=O) groups excluding carboxylic acids is 1. The number of fused-ring (bicyclic) bond motifs is 1. The minimum atomic E-state index is -0.311. The van der Waals surface area contributed by atoms with Crippen LogP contribution < -0.4 is 10.2 Å². The first-order valence-corrected chi connectivity index (χ1v) is 8.34. The minimum absolute atomic E-state index is 0.0203.